The van der Waals surface area contributed by atoms with E-state index in [0.29, 0.717) is 11.4 Å². The summed E-state index contributed by atoms with van der Waals surface area (Å²) in [5.74, 6) is -0.343. The second-order valence-corrected chi connectivity index (χ2v) is 2.00. The number of phenolic OH excluding ortho intramolecular Hbond substituents is 2. The van der Waals surface area contributed by atoms with Gasteiger partial charge in [-0.25, -0.2) is 0 Å². The summed E-state index contributed by atoms with van der Waals surface area (Å²) in [7, 11) is 0. The highest BCUT2D eigenvalue weighted by molar-refractivity contribution is 5.76. The Hall–Kier alpha value is -1.58. The lowest BCUT2D eigenvalue weighted by Gasteiger charge is -2.08. The topological polar surface area (TPSA) is 65.2 Å². The van der Waals surface area contributed by atoms with Crippen LogP contribution in [0.15, 0.2) is 22.4 Å². The van der Waals surface area contributed by atoms with Crippen LogP contribution < -0.4 is 0 Å². The molecule has 4 nitrogen and oxygen atoms in total. The highest BCUT2D eigenvalue weighted by Crippen LogP contribution is 2.48. The molecule has 1 aliphatic rings. The van der Waals surface area contributed by atoms with Crippen LogP contribution in [0.3, 0.4) is 0 Å². The molecule has 0 fully saturated rings. The van der Waals surface area contributed by atoms with Gasteiger partial charge in [0.05, 0.1) is 0 Å². The van der Waals surface area contributed by atoms with E-state index in [4.69, 9.17) is 10.2 Å². The van der Waals surface area contributed by atoms with Gasteiger partial charge in [0.2, 0.25) is 0 Å². The molecule has 2 rings (SSSR count). The second-order valence-electron chi connectivity index (χ2n) is 2.00. The molecule has 0 aliphatic carbocycles. The minimum Gasteiger partial charge on any atom is -0.504 e. The van der Waals surface area contributed by atoms with Crippen LogP contribution in [0.25, 0.3) is 0 Å². The van der Waals surface area contributed by atoms with E-state index in [2.05, 4.69) is 10.2 Å². The largest absolute Gasteiger partial charge is 0.504 e. The van der Waals surface area contributed by atoms with Crippen molar-refractivity contribution < 1.29 is 10.2 Å². The Bertz CT molecular complexity index is 320. The molecule has 50 valence electrons. The molecule has 1 aromatic rings. The fraction of sp³-hybridized carbons (Fsp3) is 0. The van der Waals surface area contributed by atoms with Crippen LogP contribution in [0.5, 0.6) is 11.5 Å². The lowest BCUT2D eigenvalue weighted by molar-refractivity contribution is 0.404. The number of hydrogen-bond acceptors (Lipinski definition) is 4. The van der Waals surface area contributed by atoms with Crippen molar-refractivity contribution in [1.29, 1.82) is 0 Å². The van der Waals surface area contributed by atoms with E-state index in [1.807, 2.05) is 0 Å². The molecule has 0 saturated carbocycles. The highest BCUT2D eigenvalue weighted by atomic mass is 16.3. The number of hydrogen-bond donors (Lipinski definition) is 2. The predicted octanol–water partition coefficient (Wildman–Crippen LogP) is 1.83. The summed E-state index contributed by atoms with van der Waals surface area (Å²) in [4.78, 5) is 0. The van der Waals surface area contributed by atoms with Crippen LogP contribution >= 0.6 is 0 Å². The number of azo groups is 1. The molecule has 0 bridgehead atoms. The zero-order chi connectivity index (χ0) is 7.14. The molecule has 0 saturated heterocycles. The summed E-state index contributed by atoms with van der Waals surface area (Å²) in [6.07, 6.45) is 0. The number of rotatable bonds is 0. The minimum absolute atomic E-state index is 0.155. The third-order valence-corrected chi connectivity index (χ3v) is 1.37. The van der Waals surface area contributed by atoms with Gasteiger partial charge in [-0.3, -0.25) is 0 Å². The number of aromatic hydroxyl groups is 2. The number of nitrogens with zero attached hydrogens (tertiary/aromatic N) is 2. The summed E-state index contributed by atoms with van der Waals surface area (Å²) in [5.41, 5.74) is 0.996. The average molecular weight is 136 g/mol. The Morgan fingerprint density at radius 1 is 1.10 bits per heavy atom. The molecule has 0 atom stereocenters. The van der Waals surface area contributed by atoms with Crippen molar-refractivity contribution in [2.45, 2.75) is 0 Å². The van der Waals surface area contributed by atoms with Crippen LogP contribution in [0.1, 0.15) is 0 Å². The molecule has 1 aromatic carbocycles. The first-order valence-electron chi connectivity index (χ1n) is 2.76. The van der Waals surface area contributed by atoms with Gasteiger partial charge in [0.1, 0.15) is 5.69 Å². The second kappa shape index (κ2) is 1.47. The lowest BCUT2D eigenvalue weighted by atomic mass is 10.2. The van der Waals surface area contributed by atoms with Gasteiger partial charge < -0.3 is 10.2 Å². The summed E-state index contributed by atoms with van der Waals surface area (Å²) >= 11 is 0. The van der Waals surface area contributed by atoms with Crippen LogP contribution in [0, 0.1) is 0 Å². The third kappa shape index (κ3) is 0.452. The van der Waals surface area contributed by atoms with Crippen molar-refractivity contribution in [3.63, 3.8) is 0 Å². The van der Waals surface area contributed by atoms with Crippen LogP contribution in [0.4, 0.5) is 11.4 Å². The molecular formula is C6H4N2O2. The SMILES string of the molecule is Oc1ccc2c(c1O)N=N2. The van der Waals surface area contributed by atoms with Crippen molar-refractivity contribution in [1.82, 2.24) is 0 Å². The van der Waals surface area contributed by atoms with E-state index < -0.39 is 0 Å². The standard InChI is InChI=1S/C6H4N2O2/c9-4-2-1-3-5(6(4)10)8-7-3/h1-2,9-10H. The van der Waals surface area contributed by atoms with E-state index in [1.54, 1.807) is 6.07 Å². The van der Waals surface area contributed by atoms with Gasteiger partial charge in [0, 0.05) is 0 Å². The van der Waals surface area contributed by atoms with Crippen molar-refractivity contribution in [2.24, 2.45) is 10.2 Å². The van der Waals surface area contributed by atoms with Gasteiger partial charge in [0.15, 0.2) is 17.2 Å². The Morgan fingerprint density at radius 2 is 1.90 bits per heavy atom. The maximum absolute atomic E-state index is 9.03. The number of benzene rings is 1. The first kappa shape index (κ1) is 5.22. The van der Waals surface area contributed by atoms with Gasteiger partial charge in [-0.05, 0) is 12.1 Å². The lowest BCUT2D eigenvalue weighted by Crippen LogP contribution is -1.77. The van der Waals surface area contributed by atoms with Crippen LogP contribution in [0.2, 0.25) is 0 Å². The first-order chi connectivity index (χ1) is 4.79. The highest BCUT2D eigenvalue weighted by Gasteiger charge is 2.16. The van der Waals surface area contributed by atoms with Gasteiger partial charge in [0.25, 0.3) is 0 Å². The van der Waals surface area contributed by atoms with E-state index >= 15 is 0 Å². The molecule has 4 heteroatoms. The number of fused-ring (bicyclic) bond motifs is 1. The maximum atomic E-state index is 9.03. The Balaban J connectivity index is 2.71. The summed E-state index contributed by atoms with van der Waals surface area (Å²) < 4.78 is 0. The molecule has 0 unspecified atom stereocenters. The molecular weight excluding hydrogens is 132 g/mol. The van der Waals surface area contributed by atoms with Crippen molar-refractivity contribution in [3.05, 3.63) is 12.1 Å². The van der Waals surface area contributed by atoms with E-state index in [-0.39, 0.29) is 11.5 Å². The molecule has 0 amide bonds. The van der Waals surface area contributed by atoms with Crippen molar-refractivity contribution >= 4 is 11.4 Å². The molecule has 10 heavy (non-hydrogen) atoms. The quantitative estimate of drug-likeness (QED) is 0.542. The molecule has 2 N–H and O–H groups in total. The van der Waals surface area contributed by atoms with Gasteiger partial charge in [-0.15, -0.1) is 10.2 Å². The fourth-order valence-electron chi connectivity index (χ4n) is 0.797. The summed E-state index contributed by atoms with van der Waals surface area (Å²) in [5, 5.41) is 25.0. The van der Waals surface area contributed by atoms with Gasteiger partial charge in [-0.1, -0.05) is 0 Å². The maximum Gasteiger partial charge on any atom is 0.187 e. The smallest absolute Gasteiger partial charge is 0.187 e. The van der Waals surface area contributed by atoms with Gasteiger partial charge >= 0.3 is 0 Å². The zero-order valence-corrected chi connectivity index (χ0v) is 4.94. The number of phenols is 2. The average Bonchev–Trinajstić information content (AvgIpc) is 1.82. The monoisotopic (exact) mass is 136 g/mol. The molecule has 0 radical (unpaired) electrons. The Kier molecular flexibility index (Phi) is 0.768. The predicted molar refractivity (Wildman–Crippen MR) is 33.9 cm³/mol. The van der Waals surface area contributed by atoms with Crippen molar-refractivity contribution in [3.8, 4) is 11.5 Å². The Labute approximate surface area is 56.5 Å². The van der Waals surface area contributed by atoms with E-state index in [1.165, 1.54) is 6.07 Å². The zero-order valence-electron chi connectivity index (χ0n) is 4.94. The van der Waals surface area contributed by atoms with Gasteiger partial charge in [-0.2, -0.15) is 0 Å². The Morgan fingerprint density at radius 3 is 2.40 bits per heavy atom. The summed E-state index contributed by atoms with van der Waals surface area (Å²) in [6, 6.07) is 2.98. The molecule has 1 aliphatic heterocycles. The minimum atomic E-state index is -0.187. The normalized spacial score (nSPS) is 12.4. The van der Waals surface area contributed by atoms with Crippen LogP contribution in [-0.4, -0.2) is 10.2 Å². The summed E-state index contributed by atoms with van der Waals surface area (Å²) in [6.45, 7) is 0. The first-order valence-corrected chi connectivity index (χ1v) is 2.76. The van der Waals surface area contributed by atoms with Crippen LogP contribution in [-0.2, 0) is 0 Å². The third-order valence-electron chi connectivity index (χ3n) is 1.37. The van der Waals surface area contributed by atoms with E-state index in [9.17, 15) is 0 Å². The molecule has 0 spiro atoms. The molecule has 0 aromatic heterocycles. The fourth-order valence-corrected chi connectivity index (χ4v) is 0.797. The van der Waals surface area contributed by atoms with Crippen molar-refractivity contribution in [2.75, 3.05) is 0 Å². The van der Waals surface area contributed by atoms with E-state index in [0.717, 1.165) is 0 Å². The molecule has 1 heterocycles.